The summed E-state index contributed by atoms with van der Waals surface area (Å²) in [5.74, 6) is 0. The van der Waals surface area contributed by atoms with Crippen LogP contribution < -0.4 is 5.46 Å². The van der Waals surface area contributed by atoms with Gasteiger partial charge in [-0.15, -0.1) is 0 Å². The van der Waals surface area contributed by atoms with Crippen molar-refractivity contribution in [3.05, 3.63) is 42.7 Å². The van der Waals surface area contributed by atoms with E-state index in [9.17, 15) is 0 Å². The highest BCUT2D eigenvalue weighted by Crippen LogP contribution is 2.37. The molecule has 1 fully saturated rings. The minimum absolute atomic E-state index is 0.317. The molecule has 104 valence electrons. The molecule has 0 radical (unpaired) electrons. The summed E-state index contributed by atoms with van der Waals surface area (Å²) < 4.78 is 12.3. The van der Waals surface area contributed by atoms with Crippen molar-refractivity contribution in [1.29, 1.82) is 0 Å². The lowest BCUT2D eigenvalue weighted by Gasteiger charge is -2.32. The molecule has 0 saturated carbocycles. The summed E-state index contributed by atoms with van der Waals surface area (Å²) in [6.45, 7) is 8.29. The van der Waals surface area contributed by atoms with Gasteiger partial charge in [0.15, 0.2) is 0 Å². The summed E-state index contributed by atoms with van der Waals surface area (Å²) in [4.78, 5) is 3.17. The fraction of sp³-hybridized carbons (Fsp3) is 0.375. The van der Waals surface area contributed by atoms with Gasteiger partial charge in [-0.25, -0.2) is 0 Å². The van der Waals surface area contributed by atoms with E-state index in [0.717, 1.165) is 11.0 Å². The molecular formula is C16H20BNO2. The van der Waals surface area contributed by atoms with Crippen molar-refractivity contribution in [2.75, 3.05) is 0 Å². The van der Waals surface area contributed by atoms with Crippen molar-refractivity contribution in [3.63, 3.8) is 0 Å². The molecule has 20 heavy (non-hydrogen) atoms. The molecule has 4 heteroatoms. The first-order chi connectivity index (χ1) is 9.41. The van der Waals surface area contributed by atoms with Crippen LogP contribution in [0.2, 0.25) is 0 Å². The van der Waals surface area contributed by atoms with Crippen LogP contribution in [-0.2, 0) is 9.31 Å². The van der Waals surface area contributed by atoms with Crippen molar-refractivity contribution in [2.24, 2.45) is 0 Å². The monoisotopic (exact) mass is 269 g/mol. The molecule has 1 aromatic heterocycles. The largest absolute Gasteiger partial charge is 0.497 e. The number of rotatable bonds is 2. The highest BCUT2D eigenvalue weighted by atomic mass is 16.7. The minimum Gasteiger partial charge on any atom is -0.399 e. The molecule has 1 saturated heterocycles. The normalized spacial score (nSPS) is 20.3. The summed E-state index contributed by atoms with van der Waals surface area (Å²) in [5, 5.41) is 0. The third kappa shape index (κ3) is 2.09. The van der Waals surface area contributed by atoms with Gasteiger partial charge in [0, 0.05) is 17.9 Å². The van der Waals surface area contributed by atoms with Gasteiger partial charge in [0.2, 0.25) is 0 Å². The SMILES string of the molecule is CC1(C)OB(c2c[nH]cc2-c2ccccc2)OC1(C)C. The third-order valence-corrected chi connectivity index (χ3v) is 4.37. The zero-order valence-electron chi connectivity index (χ0n) is 12.4. The molecule has 1 aromatic carbocycles. The molecule has 3 rings (SSSR count). The molecule has 0 aliphatic carbocycles. The fourth-order valence-electron chi connectivity index (χ4n) is 2.41. The van der Waals surface area contributed by atoms with Crippen LogP contribution in [-0.4, -0.2) is 23.3 Å². The summed E-state index contributed by atoms with van der Waals surface area (Å²) in [6.07, 6.45) is 3.96. The highest BCUT2D eigenvalue weighted by molar-refractivity contribution is 6.63. The van der Waals surface area contributed by atoms with Crippen molar-refractivity contribution < 1.29 is 9.31 Å². The van der Waals surface area contributed by atoms with Crippen LogP contribution in [0.5, 0.6) is 0 Å². The lowest BCUT2D eigenvalue weighted by atomic mass is 9.77. The van der Waals surface area contributed by atoms with Crippen LogP contribution in [0.4, 0.5) is 0 Å². The Morgan fingerprint density at radius 1 is 0.900 bits per heavy atom. The maximum Gasteiger partial charge on any atom is 0.497 e. The van der Waals surface area contributed by atoms with E-state index in [1.54, 1.807) is 0 Å². The van der Waals surface area contributed by atoms with Gasteiger partial charge in [0.05, 0.1) is 11.2 Å². The topological polar surface area (TPSA) is 34.2 Å². The van der Waals surface area contributed by atoms with E-state index in [0.29, 0.717) is 0 Å². The fourth-order valence-corrected chi connectivity index (χ4v) is 2.41. The van der Waals surface area contributed by atoms with Crippen molar-refractivity contribution >= 4 is 12.6 Å². The van der Waals surface area contributed by atoms with E-state index in [-0.39, 0.29) is 18.3 Å². The number of benzene rings is 1. The van der Waals surface area contributed by atoms with Crippen LogP contribution in [0.15, 0.2) is 42.7 Å². The summed E-state index contributed by atoms with van der Waals surface area (Å²) >= 11 is 0. The van der Waals surface area contributed by atoms with E-state index < -0.39 is 0 Å². The Bertz CT molecular complexity index is 588. The van der Waals surface area contributed by atoms with Gasteiger partial charge in [-0.05, 0) is 38.8 Å². The molecule has 1 N–H and O–H groups in total. The van der Waals surface area contributed by atoms with Gasteiger partial charge in [0.1, 0.15) is 0 Å². The Labute approximate surface area is 120 Å². The molecular weight excluding hydrogens is 249 g/mol. The zero-order chi connectivity index (χ0) is 14.4. The van der Waals surface area contributed by atoms with E-state index in [1.807, 2.05) is 30.6 Å². The number of hydrogen-bond acceptors (Lipinski definition) is 2. The van der Waals surface area contributed by atoms with Crippen molar-refractivity contribution in [3.8, 4) is 11.1 Å². The first-order valence-corrected chi connectivity index (χ1v) is 6.98. The molecule has 0 spiro atoms. The molecule has 1 aliphatic heterocycles. The van der Waals surface area contributed by atoms with Crippen LogP contribution in [0.25, 0.3) is 11.1 Å². The quantitative estimate of drug-likeness (QED) is 0.850. The van der Waals surface area contributed by atoms with Gasteiger partial charge < -0.3 is 14.3 Å². The lowest BCUT2D eigenvalue weighted by Crippen LogP contribution is -2.41. The van der Waals surface area contributed by atoms with E-state index in [2.05, 4.69) is 44.8 Å². The molecule has 3 nitrogen and oxygen atoms in total. The molecule has 0 atom stereocenters. The molecule has 2 aromatic rings. The zero-order valence-corrected chi connectivity index (χ0v) is 12.4. The van der Waals surface area contributed by atoms with Crippen LogP contribution in [0.1, 0.15) is 27.7 Å². The Morgan fingerprint density at radius 3 is 2.10 bits per heavy atom. The predicted molar refractivity (Wildman–Crippen MR) is 81.9 cm³/mol. The summed E-state index contributed by atoms with van der Waals surface area (Å²) in [7, 11) is -0.332. The van der Waals surface area contributed by atoms with Gasteiger partial charge in [-0.1, -0.05) is 30.3 Å². The molecule has 2 heterocycles. The highest BCUT2D eigenvalue weighted by Gasteiger charge is 2.52. The van der Waals surface area contributed by atoms with Crippen molar-refractivity contribution in [1.82, 2.24) is 4.98 Å². The third-order valence-electron chi connectivity index (χ3n) is 4.37. The Hall–Kier alpha value is -1.52. The number of nitrogens with one attached hydrogen (secondary N) is 1. The average molecular weight is 269 g/mol. The predicted octanol–water partition coefficient (Wildman–Crippen LogP) is 2.98. The second-order valence-electron chi connectivity index (χ2n) is 6.28. The first kappa shape index (κ1) is 13.5. The molecule has 0 unspecified atom stereocenters. The van der Waals surface area contributed by atoms with Crippen LogP contribution in [0.3, 0.4) is 0 Å². The van der Waals surface area contributed by atoms with Gasteiger partial charge in [-0.2, -0.15) is 0 Å². The van der Waals surface area contributed by atoms with Gasteiger partial charge in [0.25, 0.3) is 0 Å². The maximum atomic E-state index is 6.13. The second-order valence-corrected chi connectivity index (χ2v) is 6.28. The summed E-state index contributed by atoms with van der Waals surface area (Å²) in [6, 6.07) is 10.3. The molecule has 1 aliphatic rings. The first-order valence-electron chi connectivity index (χ1n) is 6.98. The Morgan fingerprint density at radius 2 is 1.50 bits per heavy atom. The smallest absolute Gasteiger partial charge is 0.399 e. The van der Waals surface area contributed by atoms with E-state index in [1.165, 1.54) is 5.56 Å². The van der Waals surface area contributed by atoms with Gasteiger partial charge in [-0.3, -0.25) is 0 Å². The second kappa shape index (κ2) is 4.50. The number of aromatic nitrogens is 1. The van der Waals surface area contributed by atoms with Crippen molar-refractivity contribution in [2.45, 2.75) is 38.9 Å². The minimum atomic E-state index is -0.332. The number of hydrogen-bond donors (Lipinski definition) is 1. The standard InChI is InChI=1S/C16H20BNO2/c1-15(2)16(3,4)20-17(19-15)14-11-18-10-13(14)12-8-6-5-7-9-12/h5-11,18H,1-4H3. The molecule has 0 bridgehead atoms. The summed E-state index contributed by atoms with van der Waals surface area (Å²) in [5.41, 5.74) is 2.71. The van der Waals surface area contributed by atoms with Crippen LogP contribution >= 0.6 is 0 Å². The number of aromatic amines is 1. The number of H-pyrrole nitrogens is 1. The van der Waals surface area contributed by atoms with Gasteiger partial charge >= 0.3 is 7.12 Å². The van der Waals surface area contributed by atoms with E-state index in [4.69, 9.17) is 9.31 Å². The average Bonchev–Trinajstić information content (AvgIpc) is 2.94. The maximum absolute atomic E-state index is 6.13. The lowest BCUT2D eigenvalue weighted by molar-refractivity contribution is 0.00578. The van der Waals surface area contributed by atoms with E-state index >= 15 is 0 Å². The molecule has 0 amide bonds. The van der Waals surface area contributed by atoms with Crippen LogP contribution in [0, 0.1) is 0 Å². The Kier molecular flexibility index (Phi) is 3.03. The Balaban J connectivity index is 1.96.